The van der Waals surface area contributed by atoms with Crippen LogP contribution in [0.25, 0.3) is 0 Å². The van der Waals surface area contributed by atoms with Crippen LogP contribution in [0, 0.1) is 0 Å². The molecule has 0 saturated carbocycles. The molecule has 0 bridgehead atoms. The van der Waals surface area contributed by atoms with Crippen LogP contribution in [-0.2, 0) is 19.4 Å². The van der Waals surface area contributed by atoms with E-state index in [4.69, 9.17) is 4.74 Å². The van der Waals surface area contributed by atoms with Crippen LogP contribution in [0.3, 0.4) is 0 Å². The van der Waals surface area contributed by atoms with E-state index in [0.717, 1.165) is 0 Å². The topological polar surface area (TPSA) is 60.4 Å². The van der Waals surface area contributed by atoms with E-state index in [1.54, 1.807) is 0 Å². The van der Waals surface area contributed by atoms with Crippen molar-refractivity contribution in [1.29, 1.82) is 0 Å². The van der Waals surface area contributed by atoms with Crippen molar-refractivity contribution >= 4 is 27.6 Å². The third-order valence-electron chi connectivity index (χ3n) is 1.47. The van der Waals surface area contributed by atoms with Gasteiger partial charge in [0.25, 0.3) is 0 Å². The number of carbonyl (C=O) groups is 1. The molecular formula is C10H20O4S2. The third-order valence-corrected chi connectivity index (χ3v) is 3.66. The van der Waals surface area contributed by atoms with Crippen LogP contribution >= 0.6 is 11.8 Å². The van der Waals surface area contributed by atoms with Gasteiger partial charge in [0.05, 0.1) is 12.2 Å². The number of carbonyl (C=O) groups excluding carboxylic acids is 1. The van der Waals surface area contributed by atoms with E-state index in [1.807, 2.05) is 20.8 Å². The number of sulfone groups is 1. The standard InChI is InChI=1S/C10H20O4S2/c1-10(2,3)14-9(11)5-6-15-7-8-16(4,12)13/h5-8H2,1-4H3. The molecule has 0 aliphatic rings. The lowest BCUT2D eigenvalue weighted by Crippen LogP contribution is -2.24. The van der Waals surface area contributed by atoms with E-state index in [0.29, 0.717) is 17.9 Å². The monoisotopic (exact) mass is 268 g/mol. The van der Waals surface area contributed by atoms with Crippen LogP contribution in [0.4, 0.5) is 0 Å². The molecule has 16 heavy (non-hydrogen) atoms. The molecule has 0 unspecified atom stereocenters. The second-order valence-corrected chi connectivity index (χ2v) is 8.06. The smallest absolute Gasteiger partial charge is 0.307 e. The molecule has 0 saturated heterocycles. The van der Waals surface area contributed by atoms with Crippen LogP contribution in [-0.4, -0.2) is 43.5 Å². The lowest BCUT2D eigenvalue weighted by Gasteiger charge is -2.19. The summed E-state index contributed by atoms with van der Waals surface area (Å²) in [5.41, 5.74) is -0.450. The number of hydrogen-bond acceptors (Lipinski definition) is 5. The van der Waals surface area contributed by atoms with Crippen molar-refractivity contribution in [2.75, 3.05) is 23.5 Å². The molecule has 0 aliphatic heterocycles. The Morgan fingerprint density at radius 3 is 2.25 bits per heavy atom. The predicted octanol–water partition coefficient (Wildman–Crippen LogP) is 1.50. The van der Waals surface area contributed by atoms with Crippen molar-refractivity contribution in [2.24, 2.45) is 0 Å². The molecule has 0 aromatic carbocycles. The number of ether oxygens (including phenoxy) is 1. The highest BCUT2D eigenvalue weighted by Gasteiger charge is 2.15. The van der Waals surface area contributed by atoms with Crippen molar-refractivity contribution < 1.29 is 17.9 Å². The maximum absolute atomic E-state index is 11.3. The van der Waals surface area contributed by atoms with Gasteiger partial charge >= 0.3 is 5.97 Å². The predicted molar refractivity (Wildman–Crippen MR) is 67.5 cm³/mol. The van der Waals surface area contributed by atoms with E-state index in [2.05, 4.69) is 0 Å². The summed E-state index contributed by atoms with van der Waals surface area (Å²) in [6.07, 6.45) is 1.53. The maximum atomic E-state index is 11.3. The molecule has 0 N–H and O–H groups in total. The average molecular weight is 268 g/mol. The Bertz CT molecular complexity index is 314. The molecule has 0 aromatic rings. The lowest BCUT2D eigenvalue weighted by molar-refractivity contribution is -0.154. The Labute approximate surface area is 102 Å². The lowest BCUT2D eigenvalue weighted by atomic mass is 10.2. The minimum atomic E-state index is -2.89. The molecule has 0 aliphatic carbocycles. The number of hydrogen-bond donors (Lipinski definition) is 0. The highest BCUT2D eigenvalue weighted by Crippen LogP contribution is 2.10. The summed E-state index contributed by atoms with van der Waals surface area (Å²) >= 11 is 1.45. The minimum absolute atomic E-state index is 0.159. The van der Waals surface area contributed by atoms with E-state index in [-0.39, 0.29) is 11.7 Å². The molecule has 0 atom stereocenters. The molecule has 96 valence electrons. The quantitative estimate of drug-likeness (QED) is 0.539. The maximum Gasteiger partial charge on any atom is 0.307 e. The molecule has 0 aromatic heterocycles. The van der Waals surface area contributed by atoms with E-state index in [1.165, 1.54) is 18.0 Å². The van der Waals surface area contributed by atoms with Gasteiger partial charge in [-0.15, -0.1) is 0 Å². The zero-order valence-electron chi connectivity index (χ0n) is 10.3. The fraction of sp³-hybridized carbons (Fsp3) is 0.900. The van der Waals surface area contributed by atoms with Gasteiger partial charge in [0, 0.05) is 17.8 Å². The fourth-order valence-corrected chi connectivity index (χ4v) is 3.06. The first-order valence-electron chi connectivity index (χ1n) is 5.07. The van der Waals surface area contributed by atoms with Gasteiger partial charge in [-0.05, 0) is 20.8 Å². The van der Waals surface area contributed by atoms with Gasteiger partial charge in [-0.2, -0.15) is 11.8 Å². The first-order valence-corrected chi connectivity index (χ1v) is 8.29. The molecular weight excluding hydrogens is 248 g/mol. The van der Waals surface area contributed by atoms with Gasteiger partial charge in [0.1, 0.15) is 15.4 Å². The summed E-state index contributed by atoms with van der Waals surface area (Å²) in [5, 5.41) is 0. The van der Waals surface area contributed by atoms with Crippen molar-refractivity contribution in [3.8, 4) is 0 Å². The number of rotatable bonds is 6. The fourth-order valence-electron chi connectivity index (χ4n) is 0.860. The zero-order valence-corrected chi connectivity index (χ0v) is 11.9. The SMILES string of the molecule is CC(C)(C)OC(=O)CCSCCS(C)(=O)=O. The van der Waals surface area contributed by atoms with E-state index < -0.39 is 15.4 Å². The summed E-state index contributed by atoms with van der Waals surface area (Å²) in [7, 11) is -2.89. The van der Waals surface area contributed by atoms with Crippen LogP contribution in [0.5, 0.6) is 0 Å². The van der Waals surface area contributed by atoms with Gasteiger partial charge in [0.15, 0.2) is 0 Å². The Morgan fingerprint density at radius 2 is 1.81 bits per heavy atom. The van der Waals surface area contributed by atoms with Crippen molar-refractivity contribution in [3.05, 3.63) is 0 Å². The normalized spacial score (nSPS) is 12.5. The first-order chi connectivity index (χ1) is 7.10. The van der Waals surface area contributed by atoms with Gasteiger partial charge in [-0.3, -0.25) is 4.79 Å². The highest BCUT2D eigenvalue weighted by molar-refractivity contribution is 8.00. The van der Waals surface area contributed by atoms with Gasteiger partial charge < -0.3 is 4.74 Å². The molecule has 4 nitrogen and oxygen atoms in total. The first kappa shape index (κ1) is 15.8. The summed E-state index contributed by atoms with van der Waals surface area (Å²) in [5.74, 6) is 1.05. The summed E-state index contributed by atoms with van der Waals surface area (Å²) in [6, 6.07) is 0. The molecule has 0 amide bonds. The summed E-state index contributed by atoms with van der Waals surface area (Å²) in [6.45, 7) is 5.46. The summed E-state index contributed by atoms with van der Waals surface area (Å²) < 4.78 is 26.7. The van der Waals surface area contributed by atoms with Gasteiger partial charge in [-0.1, -0.05) is 0 Å². The largest absolute Gasteiger partial charge is 0.460 e. The van der Waals surface area contributed by atoms with Crippen LogP contribution in [0.2, 0.25) is 0 Å². The van der Waals surface area contributed by atoms with Crippen molar-refractivity contribution in [1.82, 2.24) is 0 Å². The van der Waals surface area contributed by atoms with Crippen LogP contribution in [0.15, 0.2) is 0 Å². The van der Waals surface area contributed by atoms with Crippen LogP contribution in [0.1, 0.15) is 27.2 Å². The third kappa shape index (κ3) is 11.8. The van der Waals surface area contributed by atoms with Crippen molar-refractivity contribution in [3.63, 3.8) is 0 Å². The molecule has 0 rings (SSSR count). The van der Waals surface area contributed by atoms with Crippen molar-refractivity contribution in [2.45, 2.75) is 32.8 Å². The molecule has 0 heterocycles. The Balaban J connectivity index is 3.57. The average Bonchev–Trinajstić information content (AvgIpc) is 1.97. The minimum Gasteiger partial charge on any atom is -0.460 e. The Morgan fingerprint density at radius 1 is 1.25 bits per heavy atom. The number of esters is 1. The van der Waals surface area contributed by atoms with E-state index in [9.17, 15) is 13.2 Å². The molecule has 6 heteroatoms. The Kier molecular flexibility index (Phi) is 6.40. The van der Waals surface area contributed by atoms with E-state index >= 15 is 0 Å². The second kappa shape index (κ2) is 6.49. The zero-order chi connectivity index (χ0) is 12.8. The van der Waals surface area contributed by atoms with Gasteiger partial charge in [0.2, 0.25) is 0 Å². The summed E-state index contributed by atoms with van der Waals surface area (Å²) in [4.78, 5) is 11.3. The number of thioether (sulfide) groups is 1. The van der Waals surface area contributed by atoms with Crippen LogP contribution < -0.4 is 0 Å². The molecule has 0 radical (unpaired) electrons. The van der Waals surface area contributed by atoms with Gasteiger partial charge in [-0.25, -0.2) is 8.42 Å². The Hall–Kier alpha value is -0.230. The molecule has 0 fully saturated rings. The highest BCUT2D eigenvalue weighted by atomic mass is 32.2. The molecule has 0 spiro atoms. The second-order valence-electron chi connectivity index (χ2n) is 4.58.